The van der Waals surface area contributed by atoms with E-state index in [2.05, 4.69) is 34.5 Å². The van der Waals surface area contributed by atoms with E-state index in [4.69, 9.17) is 4.74 Å². The Kier molecular flexibility index (Phi) is 5.06. The average molecular weight is 275 g/mol. The fourth-order valence-electron chi connectivity index (χ4n) is 2.26. The van der Waals surface area contributed by atoms with Crippen LogP contribution < -0.4 is 10.1 Å². The van der Waals surface area contributed by atoms with Crippen molar-refractivity contribution >= 4 is 0 Å². The topological polar surface area (TPSA) is 64.9 Å². The van der Waals surface area contributed by atoms with Crippen LogP contribution in [-0.2, 0) is 6.54 Å². The van der Waals surface area contributed by atoms with Crippen molar-refractivity contribution in [3.8, 4) is 5.75 Å². The van der Waals surface area contributed by atoms with Gasteiger partial charge in [0.25, 0.3) is 0 Å². The van der Waals surface area contributed by atoms with Gasteiger partial charge in [-0.05, 0) is 24.6 Å². The van der Waals surface area contributed by atoms with Crippen LogP contribution >= 0.6 is 0 Å². The Morgan fingerprint density at radius 1 is 1.30 bits per heavy atom. The summed E-state index contributed by atoms with van der Waals surface area (Å²) >= 11 is 0. The normalized spacial score (nSPS) is 12.3. The highest BCUT2D eigenvalue weighted by Crippen LogP contribution is 2.29. The van der Waals surface area contributed by atoms with Gasteiger partial charge < -0.3 is 10.1 Å². The van der Waals surface area contributed by atoms with E-state index < -0.39 is 0 Å². The van der Waals surface area contributed by atoms with Crippen LogP contribution in [0.15, 0.2) is 24.7 Å². The molecule has 0 saturated carbocycles. The van der Waals surface area contributed by atoms with Crippen molar-refractivity contribution in [1.82, 2.24) is 25.3 Å². The zero-order valence-corrected chi connectivity index (χ0v) is 12.2. The molecule has 20 heavy (non-hydrogen) atoms. The Bertz CT molecular complexity index is 526. The van der Waals surface area contributed by atoms with Gasteiger partial charge in [0.15, 0.2) is 5.75 Å². The maximum absolute atomic E-state index is 5.46. The molecule has 2 aromatic rings. The van der Waals surface area contributed by atoms with Gasteiger partial charge in [-0.25, -0.2) is 0 Å². The number of methoxy groups -OCH3 is 1. The first-order chi connectivity index (χ1) is 9.81. The van der Waals surface area contributed by atoms with Gasteiger partial charge in [0.05, 0.1) is 25.5 Å². The van der Waals surface area contributed by atoms with Gasteiger partial charge in [0.2, 0.25) is 0 Å². The first kappa shape index (κ1) is 14.5. The van der Waals surface area contributed by atoms with E-state index in [1.165, 1.54) is 0 Å². The number of nitrogens with zero attached hydrogens (tertiary/aromatic N) is 4. The zero-order chi connectivity index (χ0) is 14.4. The van der Waals surface area contributed by atoms with Gasteiger partial charge in [0.1, 0.15) is 5.69 Å². The number of aromatic nitrogens is 4. The summed E-state index contributed by atoms with van der Waals surface area (Å²) in [6.07, 6.45) is 6.26. The van der Waals surface area contributed by atoms with Crippen LogP contribution in [0.2, 0.25) is 0 Å². The van der Waals surface area contributed by atoms with Crippen LogP contribution in [0.1, 0.15) is 37.6 Å². The Morgan fingerprint density at radius 2 is 2.15 bits per heavy atom. The second kappa shape index (κ2) is 7.00. The lowest BCUT2D eigenvalue weighted by molar-refractivity contribution is 0.398. The molecule has 0 amide bonds. The van der Waals surface area contributed by atoms with Crippen LogP contribution in [0.4, 0.5) is 0 Å². The molecule has 1 atom stereocenters. The molecule has 1 unspecified atom stereocenters. The lowest BCUT2D eigenvalue weighted by atomic mass is 10.1. The standard InChI is InChI=1S/C14H21N5O/c1-4-8-19-14(12(20-3)10-18-19)13(15-5-2)11-6-7-16-17-9-11/h6-7,9-10,13,15H,4-5,8H2,1-3H3. The largest absolute Gasteiger partial charge is 0.493 e. The van der Waals surface area contributed by atoms with Gasteiger partial charge in [-0.15, -0.1) is 0 Å². The molecule has 2 aromatic heterocycles. The lowest BCUT2D eigenvalue weighted by Gasteiger charge is -2.20. The molecule has 2 heterocycles. The molecule has 108 valence electrons. The fraction of sp³-hybridized carbons (Fsp3) is 0.500. The number of aryl methyl sites for hydroxylation is 1. The molecule has 0 aliphatic carbocycles. The molecule has 0 aromatic carbocycles. The Hall–Kier alpha value is -1.95. The van der Waals surface area contributed by atoms with E-state index in [0.717, 1.165) is 36.5 Å². The average Bonchev–Trinajstić information content (AvgIpc) is 2.89. The molecule has 6 heteroatoms. The molecule has 0 saturated heterocycles. The van der Waals surface area contributed by atoms with Crippen LogP contribution in [0, 0.1) is 0 Å². The predicted molar refractivity (Wildman–Crippen MR) is 76.6 cm³/mol. The molecule has 0 aliphatic heterocycles. The van der Waals surface area contributed by atoms with Crippen LogP contribution in [0.3, 0.4) is 0 Å². The minimum Gasteiger partial charge on any atom is -0.493 e. The summed E-state index contributed by atoms with van der Waals surface area (Å²) in [7, 11) is 1.67. The van der Waals surface area contributed by atoms with Gasteiger partial charge in [0, 0.05) is 12.7 Å². The summed E-state index contributed by atoms with van der Waals surface area (Å²) in [5.74, 6) is 0.793. The van der Waals surface area contributed by atoms with Crippen LogP contribution in [-0.4, -0.2) is 33.6 Å². The molecule has 0 bridgehead atoms. The minimum absolute atomic E-state index is 0.000463. The number of hydrogen-bond acceptors (Lipinski definition) is 5. The van der Waals surface area contributed by atoms with Crippen molar-refractivity contribution in [2.45, 2.75) is 32.9 Å². The molecule has 1 N–H and O–H groups in total. The second-order valence-electron chi connectivity index (χ2n) is 4.49. The Labute approximate surface area is 119 Å². The molecular formula is C14H21N5O. The van der Waals surface area contributed by atoms with Crippen molar-refractivity contribution in [2.75, 3.05) is 13.7 Å². The molecule has 0 spiro atoms. The van der Waals surface area contributed by atoms with Crippen molar-refractivity contribution in [3.63, 3.8) is 0 Å². The smallest absolute Gasteiger partial charge is 0.161 e. The number of hydrogen-bond donors (Lipinski definition) is 1. The summed E-state index contributed by atoms with van der Waals surface area (Å²) in [5.41, 5.74) is 2.09. The number of rotatable bonds is 7. The number of ether oxygens (including phenoxy) is 1. The quantitative estimate of drug-likeness (QED) is 0.834. The fourth-order valence-corrected chi connectivity index (χ4v) is 2.26. The maximum atomic E-state index is 5.46. The predicted octanol–water partition coefficient (Wildman–Crippen LogP) is 1.79. The highest BCUT2D eigenvalue weighted by atomic mass is 16.5. The number of nitrogens with one attached hydrogen (secondary N) is 1. The summed E-state index contributed by atoms with van der Waals surface area (Å²) < 4.78 is 7.45. The zero-order valence-electron chi connectivity index (χ0n) is 12.2. The van der Waals surface area contributed by atoms with Crippen LogP contribution in [0.5, 0.6) is 5.75 Å². The monoisotopic (exact) mass is 275 g/mol. The molecule has 0 fully saturated rings. The molecule has 2 rings (SSSR count). The van der Waals surface area contributed by atoms with Crippen molar-refractivity contribution in [3.05, 3.63) is 35.9 Å². The molecule has 0 radical (unpaired) electrons. The summed E-state index contributed by atoms with van der Waals surface area (Å²) in [6, 6.07) is 1.96. The third-order valence-electron chi connectivity index (χ3n) is 3.12. The SMILES string of the molecule is CCCn1ncc(OC)c1C(NCC)c1ccnnc1. The van der Waals surface area contributed by atoms with Crippen LogP contribution in [0.25, 0.3) is 0 Å². The van der Waals surface area contributed by atoms with E-state index in [1.54, 1.807) is 25.7 Å². The Morgan fingerprint density at radius 3 is 2.75 bits per heavy atom. The third kappa shape index (κ3) is 2.96. The van der Waals surface area contributed by atoms with Gasteiger partial charge >= 0.3 is 0 Å². The highest BCUT2D eigenvalue weighted by molar-refractivity contribution is 5.35. The molecule has 6 nitrogen and oxygen atoms in total. The van der Waals surface area contributed by atoms with Crippen molar-refractivity contribution in [1.29, 1.82) is 0 Å². The Balaban J connectivity index is 2.45. The second-order valence-corrected chi connectivity index (χ2v) is 4.49. The summed E-state index contributed by atoms with van der Waals surface area (Å²) in [4.78, 5) is 0. The van der Waals surface area contributed by atoms with Crippen molar-refractivity contribution in [2.24, 2.45) is 0 Å². The lowest BCUT2D eigenvalue weighted by Crippen LogP contribution is -2.25. The summed E-state index contributed by atoms with van der Waals surface area (Å²) in [6.45, 7) is 5.91. The molecular weight excluding hydrogens is 254 g/mol. The van der Waals surface area contributed by atoms with E-state index in [-0.39, 0.29) is 6.04 Å². The van der Waals surface area contributed by atoms with E-state index >= 15 is 0 Å². The van der Waals surface area contributed by atoms with Crippen molar-refractivity contribution < 1.29 is 4.74 Å². The van der Waals surface area contributed by atoms with E-state index in [1.807, 2.05) is 10.7 Å². The van der Waals surface area contributed by atoms with Gasteiger partial charge in [-0.1, -0.05) is 13.8 Å². The van der Waals surface area contributed by atoms with Gasteiger partial charge in [-0.3, -0.25) is 4.68 Å². The van der Waals surface area contributed by atoms with E-state index in [0.29, 0.717) is 0 Å². The highest BCUT2D eigenvalue weighted by Gasteiger charge is 2.23. The van der Waals surface area contributed by atoms with Gasteiger partial charge in [-0.2, -0.15) is 15.3 Å². The summed E-state index contributed by atoms with van der Waals surface area (Å²) in [5, 5.41) is 15.7. The maximum Gasteiger partial charge on any atom is 0.161 e. The minimum atomic E-state index is -0.000463. The third-order valence-corrected chi connectivity index (χ3v) is 3.12. The first-order valence-electron chi connectivity index (χ1n) is 6.91. The van der Waals surface area contributed by atoms with E-state index in [9.17, 15) is 0 Å². The molecule has 0 aliphatic rings. The first-order valence-corrected chi connectivity index (χ1v) is 6.91.